The number of rotatable bonds is 11. The summed E-state index contributed by atoms with van der Waals surface area (Å²) in [6.07, 6.45) is 1.71. The summed E-state index contributed by atoms with van der Waals surface area (Å²) in [6, 6.07) is 7.90. The van der Waals surface area contributed by atoms with Gasteiger partial charge in [0.25, 0.3) is 11.5 Å². The van der Waals surface area contributed by atoms with Crippen molar-refractivity contribution in [2.75, 3.05) is 41.0 Å². The zero-order valence-electron chi connectivity index (χ0n) is 24.6. The highest BCUT2D eigenvalue weighted by Gasteiger charge is 2.36. The number of hydrogen-bond acceptors (Lipinski definition) is 9. The van der Waals surface area contributed by atoms with E-state index in [1.54, 1.807) is 55.3 Å². The lowest BCUT2D eigenvalue weighted by Crippen LogP contribution is -2.43. The monoisotopic (exact) mass is 721 g/mol. The summed E-state index contributed by atoms with van der Waals surface area (Å²) < 4.78 is 24.6. The summed E-state index contributed by atoms with van der Waals surface area (Å²) in [5, 5.41) is 9.02. The summed E-state index contributed by atoms with van der Waals surface area (Å²) in [6.45, 7) is 6.04. The van der Waals surface area contributed by atoms with E-state index in [4.69, 9.17) is 29.0 Å². The third kappa shape index (κ3) is 6.42. The number of carbonyl (C=O) groups is 2. The third-order valence-corrected chi connectivity index (χ3v) is 8.71. The molecule has 0 radical (unpaired) electrons. The van der Waals surface area contributed by atoms with Gasteiger partial charge in [0, 0.05) is 18.7 Å². The van der Waals surface area contributed by atoms with E-state index in [1.807, 2.05) is 36.4 Å². The smallest absolute Gasteiger partial charge is 0.341 e. The first-order valence-corrected chi connectivity index (χ1v) is 15.2. The molecule has 0 saturated heterocycles. The highest BCUT2D eigenvalue weighted by Crippen LogP contribution is 2.38. The van der Waals surface area contributed by atoms with Crippen molar-refractivity contribution in [2.24, 2.45) is 4.99 Å². The number of likely N-dealkylation sites (N-methyl/N-ethyl adjacent to an activating group) is 1. The Morgan fingerprint density at radius 1 is 1.09 bits per heavy atom. The summed E-state index contributed by atoms with van der Waals surface area (Å²) in [7, 11) is 4.54. The van der Waals surface area contributed by atoms with Crippen LogP contribution in [0.4, 0.5) is 0 Å². The molecule has 1 N–H and O–H groups in total. The standard InChI is InChI=1S/C30H32IN3O8S/c1-7-33(8-2)29(38)25-16(3)32-30-34(26(25)19-14-18(39-4)9-10-21(19)40-5)28(37)23(43-30)13-17-11-20(31)27(22(12-17)41-6)42-15-24(35)36/h9-14,26H,7-8,15H2,1-6H3,(H,35,36)/b23-13+/t26-/m1/s1. The fourth-order valence-electron chi connectivity index (χ4n) is 4.87. The molecule has 1 aromatic heterocycles. The van der Waals surface area contributed by atoms with E-state index in [-0.39, 0.29) is 11.5 Å². The fraction of sp³-hybridized carbons (Fsp3) is 0.333. The Kier molecular flexibility index (Phi) is 10.2. The SMILES string of the molecule is CCN(CC)C(=O)C1=C(C)N=c2s/c(=C/c3cc(I)c(OCC(=O)O)c(OC)c3)c(=O)n2[C@@H]1c1cc(OC)ccc1OC. The molecule has 1 aliphatic heterocycles. The quantitative estimate of drug-likeness (QED) is 0.299. The van der Waals surface area contributed by atoms with E-state index in [1.165, 1.54) is 30.1 Å². The van der Waals surface area contributed by atoms with Gasteiger partial charge in [0.1, 0.15) is 17.5 Å². The van der Waals surface area contributed by atoms with Crippen LogP contribution in [-0.4, -0.2) is 67.5 Å². The van der Waals surface area contributed by atoms with E-state index in [0.29, 0.717) is 71.4 Å². The third-order valence-electron chi connectivity index (χ3n) is 6.92. The number of fused-ring (bicyclic) bond motifs is 1. The van der Waals surface area contributed by atoms with Crippen molar-refractivity contribution in [2.45, 2.75) is 26.8 Å². The van der Waals surface area contributed by atoms with Crippen molar-refractivity contribution in [3.8, 4) is 23.0 Å². The highest BCUT2D eigenvalue weighted by molar-refractivity contribution is 14.1. The Balaban J connectivity index is 1.96. The van der Waals surface area contributed by atoms with Crippen molar-refractivity contribution >= 4 is 51.9 Å². The first-order chi connectivity index (χ1) is 20.6. The number of thiazole rings is 1. The summed E-state index contributed by atoms with van der Waals surface area (Å²) in [5.74, 6) is 0.342. The Hall–Kier alpha value is -3.85. The molecule has 0 unspecified atom stereocenters. The van der Waals surface area contributed by atoms with Crippen LogP contribution >= 0.6 is 33.9 Å². The zero-order chi connectivity index (χ0) is 31.4. The second-order valence-electron chi connectivity index (χ2n) is 9.38. The Labute approximate surface area is 265 Å². The number of carboxylic acids is 1. The van der Waals surface area contributed by atoms with Crippen LogP contribution in [-0.2, 0) is 9.59 Å². The van der Waals surface area contributed by atoms with Crippen molar-refractivity contribution in [1.29, 1.82) is 0 Å². The van der Waals surface area contributed by atoms with Crippen LogP contribution in [0.3, 0.4) is 0 Å². The summed E-state index contributed by atoms with van der Waals surface area (Å²) in [5.41, 5.74) is 1.78. The molecule has 0 spiro atoms. The number of amides is 1. The van der Waals surface area contributed by atoms with E-state index in [0.717, 1.165) is 0 Å². The maximum Gasteiger partial charge on any atom is 0.341 e. The summed E-state index contributed by atoms with van der Waals surface area (Å²) in [4.78, 5) is 46.0. The van der Waals surface area contributed by atoms with Gasteiger partial charge in [0.2, 0.25) is 0 Å². The fourth-order valence-corrected chi connectivity index (χ4v) is 6.70. The Bertz CT molecular complexity index is 1770. The average Bonchev–Trinajstić information content (AvgIpc) is 3.29. The number of aliphatic carboxylic acids is 1. The van der Waals surface area contributed by atoms with E-state index in [9.17, 15) is 14.4 Å². The number of carboxylic acid groups (broad SMARTS) is 1. The minimum atomic E-state index is -1.11. The number of ether oxygens (including phenoxy) is 4. The maximum atomic E-state index is 14.2. The number of benzene rings is 2. The van der Waals surface area contributed by atoms with Gasteiger partial charge in [-0.3, -0.25) is 14.2 Å². The lowest BCUT2D eigenvalue weighted by molar-refractivity contribution is -0.139. The van der Waals surface area contributed by atoms with Gasteiger partial charge >= 0.3 is 5.97 Å². The number of nitrogens with zero attached hydrogens (tertiary/aromatic N) is 3. The minimum absolute atomic E-state index is 0.216. The van der Waals surface area contributed by atoms with E-state index < -0.39 is 18.6 Å². The lowest BCUT2D eigenvalue weighted by Gasteiger charge is -2.30. The Morgan fingerprint density at radius 2 is 1.79 bits per heavy atom. The normalized spacial score (nSPS) is 14.6. The molecule has 2 aromatic carbocycles. The van der Waals surface area contributed by atoms with Crippen molar-refractivity contribution in [1.82, 2.24) is 9.47 Å². The van der Waals surface area contributed by atoms with Gasteiger partial charge in [-0.05, 0) is 85.3 Å². The lowest BCUT2D eigenvalue weighted by atomic mass is 9.93. The van der Waals surface area contributed by atoms with Crippen LogP contribution in [0.5, 0.6) is 23.0 Å². The van der Waals surface area contributed by atoms with Gasteiger partial charge in [0.15, 0.2) is 22.9 Å². The molecule has 1 aliphatic rings. The van der Waals surface area contributed by atoms with Gasteiger partial charge < -0.3 is 29.0 Å². The van der Waals surface area contributed by atoms with Crippen LogP contribution in [0, 0.1) is 3.57 Å². The molecule has 3 aromatic rings. The van der Waals surface area contributed by atoms with E-state index >= 15 is 0 Å². The molecule has 1 atom stereocenters. The molecular weight excluding hydrogens is 689 g/mol. The van der Waals surface area contributed by atoms with Crippen LogP contribution in [0.25, 0.3) is 6.08 Å². The van der Waals surface area contributed by atoms with Crippen molar-refractivity contribution in [3.63, 3.8) is 0 Å². The first kappa shape index (κ1) is 32.1. The molecule has 13 heteroatoms. The number of methoxy groups -OCH3 is 3. The van der Waals surface area contributed by atoms with Gasteiger partial charge in [-0.25, -0.2) is 9.79 Å². The Morgan fingerprint density at radius 3 is 2.40 bits per heavy atom. The second-order valence-corrected chi connectivity index (χ2v) is 11.6. The molecule has 11 nitrogen and oxygen atoms in total. The van der Waals surface area contributed by atoms with Crippen molar-refractivity contribution < 1.29 is 33.6 Å². The van der Waals surface area contributed by atoms with Crippen LogP contribution in [0.1, 0.15) is 37.9 Å². The number of allylic oxidation sites excluding steroid dienone is 1. The largest absolute Gasteiger partial charge is 0.497 e. The number of aromatic nitrogens is 1. The maximum absolute atomic E-state index is 14.2. The average molecular weight is 722 g/mol. The molecule has 0 bridgehead atoms. The molecule has 228 valence electrons. The van der Waals surface area contributed by atoms with E-state index in [2.05, 4.69) is 0 Å². The van der Waals surface area contributed by atoms with Crippen LogP contribution < -0.4 is 33.8 Å². The molecule has 43 heavy (non-hydrogen) atoms. The molecule has 1 amide bonds. The highest BCUT2D eigenvalue weighted by atomic mass is 127. The van der Waals surface area contributed by atoms with Crippen LogP contribution in [0.2, 0.25) is 0 Å². The zero-order valence-corrected chi connectivity index (χ0v) is 27.6. The molecule has 0 saturated carbocycles. The molecule has 0 fully saturated rings. The molecule has 0 aliphatic carbocycles. The first-order valence-electron chi connectivity index (χ1n) is 13.3. The summed E-state index contributed by atoms with van der Waals surface area (Å²) >= 11 is 3.23. The van der Waals surface area contributed by atoms with Gasteiger partial charge in [-0.2, -0.15) is 0 Å². The number of halogens is 1. The molecule has 4 rings (SSSR count). The molecule has 2 heterocycles. The predicted molar refractivity (Wildman–Crippen MR) is 170 cm³/mol. The van der Waals surface area contributed by atoms with Gasteiger partial charge in [-0.15, -0.1) is 0 Å². The van der Waals surface area contributed by atoms with Crippen molar-refractivity contribution in [3.05, 3.63) is 76.0 Å². The minimum Gasteiger partial charge on any atom is -0.497 e. The van der Waals surface area contributed by atoms with Gasteiger partial charge in [0.05, 0.1) is 40.7 Å². The number of hydrogen-bond donors (Lipinski definition) is 1. The van der Waals surface area contributed by atoms with Gasteiger partial charge in [-0.1, -0.05) is 11.3 Å². The molecular formula is C30H32IN3O8S. The topological polar surface area (TPSA) is 129 Å². The van der Waals surface area contributed by atoms with Crippen LogP contribution in [0.15, 0.2) is 51.4 Å². The second kappa shape index (κ2) is 13.6. The predicted octanol–water partition coefficient (Wildman–Crippen LogP) is 3.20. The number of carbonyl (C=O) groups excluding carboxylic acids is 1.